The van der Waals surface area contributed by atoms with Crippen LogP contribution in [0.1, 0.15) is 18.5 Å². The van der Waals surface area contributed by atoms with E-state index >= 15 is 0 Å². The predicted octanol–water partition coefficient (Wildman–Crippen LogP) is 2.70. The first-order valence-electron chi connectivity index (χ1n) is 5.75. The summed E-state index contributed by atoms with van der Waals surface area (Å²) in [7, 11) is 1.69. The summed E-state index contributed by atoms with van der Waals surface area (Å²) in [5, 5.41) is 3.23. The monoisotopic (exact) mass is 246 g/mol. The van der Waals surface area contributed by atoms with Gasteiger partial charge in [0.05, 0.1) is 5.69 Å². The van der Waals surface area contributed by atoms with Gasteiger partial charge in [0.15, 0.2) is 0 Å². The minimum absolute atomic E-state index is 0.0294. The van der Waals surface area contributed by atoms with Crippen LogP contribution in [-0.2, 0) is 7.05 Å². The molecule has 0 fully saturated rings. The fourth-order valence-corrected chi connectivity index (χ4v) is 1.79. The number of aryl methyl sites for hydroxylation is 1. The number of nitrogens with one attached hydrogen (secondary N) is 1. The maximum Gasteiger partial charge on any atom is 0.250 e. The lowest BCUT2D eigenvalue weighted by atomic mass is 10.1. The summed E-state index contributed by atoms with van der Waals surface area (Å²) in [6.07, 6.45) is 1.72. The molecule has 3 nitrogen and oxygen atoms in total. The molecule has 0 radical (unpaired) electrons. The molecule has 1 aromatic heterocycles. The van der Waals surface area contributed by atoms with Gasteiger partial charge in [-0.3, -0.25) is 4.79 Å². The molecule has 0 spiro atoms. The van der Waals surface area contributed by atoms with Gasteiger partial charge >= 0.3 is 0 Å². The molecule has 94 valence electrons. The van der Waals surface area contributed by atoms with Crippen LogP contribution in [0.2, 0.25) is 0 Å². The number of hydrogen-bond acceptors (Lipinski definition) is 2. The van der Waals surface area contributed by atoms with Crippen molar-refractivity contribution in [1.82, 2.24) is 4.57 Å². The van der Waals surface area contributed by atoms with Crippen molar-refractivity contribution in [2.75, 3.05) is 5.32 Å². The third-order valence-electron chi connectivity index (χ3n) is 2.82. The molecule has 0 saturated heterocycles. The van der Waals surface area contributed by atoms with Crippen LogP contribution < -0.4 is 10.9 Å². The minimum Gasteiger partial charge on any atom is -0.377 e. The molecule has 4 heteroatoms. The van der Waals surface area contributed by atoms with Crippen LogP contribution in [-0.4, -0.2) is 4.57 Å². The van der Waals surface area contributed by atoms with Crippen LogP contribution in [0.15, 0.2) is 47.4 Å². The molecule has 1 unspecified atom stereocenters. The molecule has 1 N–H and O–H groups in total. The lowest BCUT2D eigenvalue weighted by Crippen LogP contribution is -2.16. The second kappa shape index (κ2) is 5.04. The molecule has 0 saturated carbocycles. The van der Waals surface area contributed by atoms with Gasteiger partial charge in [-0.25, -0.2) is 4.39 Å². The molecule has 0 amide bonds. The van der Waals surface area contributed by atoms with Crippen molar-refractivity contribution in [2.45, 2.75) is 13.0 Å². The van der Waals surface area contributed by atoms with Gasteiger partial charge in [0.25, 0.3) is 0 Å². The van der Waals surface area contributed by atoms with E-state index in [1.807, 2.05) is 13.0 Å². The molecular weight excluding hydrogens is 231 g/mol. The number of nitrogens with zero attached hydrogens (tertiary/aromatic N) is 1. The van der Waals surface area contributed by atoms with Gasteiger partial charge in [0, 0.05) is 25.4 Å². The molecule has 0 aliphatic heterocycles. The zero-order valence-corrected chi connectivity index (χ0v) is 10.4. The molecule has 1 aromatic carbocycles. The van der Waals surface area contributed by atoms with Crippen molar-refractivity contribution in [1.29, 1.82) is 0 Å². The number of aromatic nitrogens is 1. The molecule has 0 bridgehead atoms. The Bertz CT molecular complexity index is 607. The summed E-state index contributed by atoms with van der Waals surface area (Å²) in [6, 6.07) is 9.66. The summed E-state index contributed by atoms with van der Waals surface area (Å²) in [5.41, 5.74) is 1.64. The van der Waals surface area contributed by atoms with Crippen molar-refractivity contribution in [3.63, 3.8) is 0 Å². The molecular formula is C14H15FN2O. The molecule has 2 rings (SSSR count). The summed E-state index contributed by atoms with van der Waals surface area (Å²) < 4.78 is 14.6. The largest absolute Gasteiger partial charge is 0.377 e. The fourth-order valence-electron chi connectivity index (χ4n) is 1.79. The van der Waals surface area contributed by atoms with Crippen molar-refractivity contribution in [2.24, 2.45) is 7.05 Å². The van der Waals surface area contributed by atoms with E-state index < -0.39 is 0 Å². The number of hydrogen-bond donors (Lipinski definition) is 1. The Kier molecular flexibility index (Phi) is 3.46. The molecule has 0 aliphatic rings. The smallest absolute Gasteiger partial charge is 0.250 e. The van der Waals surface area contributed by atoms with Gasteiger partial charge in [-0.15, -0.1) is 0 Å². The zero-order chi connectivity index (χ0) is 13.1. The Labute approximate surface area is 105 Å². The van der Waals surface area contributed by atoms with Gasteiger partial charge in [-0.1, -0.05) is 12.1 Å². The molecule has 2 aromatic rings. The lowest BCUT2D eigenvalue weighted by Gasteiger charge is -2.16. The Morgan fingerprint density at radius 1 is 1.28 bits per heavy atom. The van der Waals surface area contributed by atoms with Crippen LogP contribution in [0.25, 0.3) is 0 Å². The van der Waals surface area contributed by atoms with E-state index in [2.05, 4.69) is 5.32 Å². The van der Waals surface area contributed by atoms with Gasteiger partial charge in [0.1, 0.15) is 5.82 Å². The second-order valence-electron chi connectivity index (χ2n) is 4.29. The van der Waals surface area contributed by atoms with Crippen LogP contribution in [0, 0.1) is 5.82 Å². The topological polar surface area (TPSA) is 34.0 Å². The number of benzene rings is 1. The average molecular weight is 246 g/mol. The molecule has 18 heavy (non-hydrogen) atoms. The Morgan fingerprint density at radius 3 is 2.72 bits per heavy atom. The van der Waals surface area contributed by atoms with E-state index in [1.54, 1.807) is 25.4 Å². The highest BCUT2D eigenvalue weighted by molar-refractivity contribution is 5.43. The van der Waals surface area contributed by atoms with E-state index in [4.69, 9.17) is 0 Å². The molecule has 1 atom stereocenters. The first-order valence-corrected chi connectivity index (χ1v) is 5.75. The number of rotatable bonds is 3. The SMILES string of the molecule is CC(Nc1ccc(=O)n(C)c1)c1cccc(F)c1. The third kappa shape index (κ3) is 2.77. The lowest BCUT2D eigenvalue weighted by molar-refractivity contribution is 0.623. The summed E-state index contributed by atoms with van der Waals surface area (Å²) in [5.74, 6) is -0.249. The molecule has 1 heterocycles. The van der Waals surface area contributed by atoms with Crippen LogP contribution in [0.4, 0.5) is 10.1 Å². The minimum atomic E-state index is -0.249. The van der Waals surface area contributed by atoms with E-state index in [0.29, 0.717) is 0 Å². The molecule has 0 aliphatic carbocycles. The van der Waals surface area contributed by atoms with Gasteiger partial charge in [0.2, 0.25) is 5.56 Å². The highest BCUT2D eigenvalue weighted by Gasteiger charge is 2.06. The standard InChI is InChI=1S/C14H15FN2O/c1-10(11-4-3-5-12(15)8-11)16-13-6-7-14(18)17(2)9-13/h3-10,16H,1-2H3. The second-order valence-corrected chi connectivity index (χ2v) is 4.29. The number of pyridine rings is 1. The Balaban J connectivity index is 2.18. The predicted molar refractivity (Wildman–Crippen MR) is 70.1 cm³/mol. The average Bonchev–Trinajstić information content (AvgIpc) is 2.34. The Hall–Kier alpha value is -2.10. The normalized spacial score (nSPS) is 12.2. The van der Waals surface area contributed by atoms with Crippen LogP contribution in [0.3, 0.4) is 0 Å². The highest BCUT2D eigenvalue weighted by Crippen LogP contribution is 2.18. The quantitative estimate of drug-likeness (QED) is 0.903. The van der Waals surface area contributed by atoms with Crippen molar-refractivity contribution in [3.05, 3.63) is 64.3 Å². The third-order valence-corrected chi connectivity index (χ3v) is 2.82. The van der Waals surface area contributed by atoms with Crippen LogP contribution >= 0.6 is 0 Å². The number of anilines is 1. The van der Waals surface area contributed by atoms with E-state index in [9.17, 15) is 9.18 Å². The maximum absolute atomic E-state index is 13.1. The van der Waals surface area contributed by atoms with Crippen LogP contribution in [0.5, 0.6) is 0 Å². The van der Waals surface area contributed by atoms with Gasteiger partial charge in [-0.2, -0.15) is 0 Å². The van der Waals surface area contributed by atoms with E-state index in [0.717, 1.165) is 11.3 Å². The van der Waals surface area contributed by atoms with E-state index in [1.165, 1.54) is 22.8 Å². The maximum atomic E-state index is 13.1. The Morgan fingerprint density at radius 2 is 2.06 bits per heavy atom. The first-order chi connectivity index (χ1) is 8.56. The van der Waals surface area contributed by atoms with Crippen molar-refractivity contribution >= 4 is 5.69 Å². The summed E-state index contributed by atoms with van der Waals surface area (Å²) >= 11 is 0. The number of halogens is 1. The zero-order valence-electron chi connectivity index (χ0n) is 10.4. The van der Waals surface area contributed by atoms with E-state index in [-0.39, 0.29) is 17.4 Å². The van der Waals surface area contributed by atoms with Gasteiger partial charge in [-0.05, 0) is 30.7 Å². The fraction of sp³-hybridized carbons (Fsp3) is 0.214. The summed E-state index contributed by atoms with van der Waals surface area (Å²) in [4.78, 5) is 11.3. The first kappa shape index (κ1) is 12.4. The van der Waals surface area contributed by atoms with Crippen molar-refractivity contribution in [3.8, 4) is 0 Å². The van der Waals surface area contributed by atoms with Gasteiger partial charge < -0.3 is 9.88 Å². The summed E-state index contributed by atoms with van der Waals surface area (Å²) in [6.45, 7) is 1.94. The highest BCUT2D eigenvalue weighted by atomic mass is 19.1. The van der Waals surface area contributed by atoms with Crippen molar-refractivity contribution < 1.29 is 4.39 Å².